The molecule has 3 saturated heterocycles. The number of Topliss-reactive ketones (excluding diaryl/α,β-unsaturated/α-hetero) is 1. The molecule has 3 fully saturated rings. The van der Waals surface area contributed by atoms with Crippen LogP contribution in [0.5, 0.6) is 0 Å². The molecule has 2 aromatic rings. The number of pyridine rings is 2. The van der Waals surface area contributed by atoms with E-state index in [1.54, 1.807) is 35.5 Å². The number of amides is 4. The number of nitrogens with zero attached hydrogens (tertiary/aromatic N) is 6. The zero-order chi connectivity index (χ0) is 44.2. The Morgan fingerprint density at radius 3 is 1.68 bits per heavy atom. The van der Waals surface area contributed by atoms with Crippen molar-refractivity contribution in [3.8, 4) is 0 Å². The predicted octanol–water partition coefficient (Wildman–Crippen LogP) is -1.01. The molecule has 6 heterocycles. The number of aliphatic hydroxyl groups is 1. The van der Waals surface area contributed by atoms with Crippen molar-refractivity contribution < 1.29 is 60.1 Å². The second-order valence-electron chi connectivity index (χ2n) is 14.1. The van der Waals surface area contributed by atoms with Crippen LogP contribution in [-0.2, 0) is 24.0 Å². The van der Waals surface area contributed by atoms with E-state index in [4.69, 9.17) is 16.6 Å². The summed E-state index contributed by atoms with van der Waals surface area (Å²) in [6.45, 7) is 7.12. The van der Waals surface area contributed by atoms with Crippen molar-refractivity contribution in [2.24, 2.45) is 0 Å². The number of piperidine rings is 3. The van der Waals surface area contributed by atoms with Crippen molar-refractivity contribution in [1.29, 1.82) is 0 Å². The minimum absolute atomic E-state index is 0. The average Bonchev–Trinajstić information content (AvgIpc) is 3.18. The van der Waals surface area contributed by atoms with E-state index >= 15 is 0 Å². The zero-order valence-corrected chi connectivity index (χ0v) is 41.6. The van der Waals surface area contributed by atoms with Crippen LogP contribution in [0.2, 0.25) is 0 Å². The van der Waals surface area contributed by atoms with E-state index in [2.05, 4.69) is 72.2 Å². The molecule has 0 bridgehead atoms. The van der Waals surface area contributed by atoms with Gasteiger partial charge in [0.15, 0.2) is 0 Å². The van der Waals surface area contributed by atoms with E-state index in [0.29, 0.717) is 49.5 Å². The second kappa shape index (κ2) is 35.3. The van der Waals surface area contributed by atoms with Crippen LogP contribution in [0.1, 0.15) is 66.6 Å². The molecule has 2 atom stereocenters. The zero-order valence-electron chi connectivity index (χ0n) is 38.5. The summed E-state index contributed by atoms with van der Waals surface area (Å²) in [5, 5.41) is 15.1. The average molecular weight is 961 g/mol. The molecular weight excluding hydrogens is 891 g/mol. The summed E-state index contributed by atoms with van der Waals surface area (Å²) in [5.41, 5.74) is 12.8. The Morgan fingerprint density at radius 2 is 1.32 bits per heavy atom. The normalized spacial score (nSPS) is 17.7. The summed E-state index contributed by atoms with van der Waals surface area (Å²) in [5.74, 6) is 1.33. The van der Waals surface area contributed by atoms with Crippen molar-refractivity contribution >= 4 is 77.7 Å². The van der Waals surface area contributed by atoms with Crippen LogP contribution in [0.15, 0.2) is 48.4 Å². The standard InChI is InChI=1S/C12H18N4O.C7H14N2O.C7H12N2O.C5H5IN2.C5H7NO2.C3H8.CH4O.B.Na.H/c1-15(2)9-5-6-16(12(17)7-9)10-3-4-11(13)14-8-10;2*1-9(2)6-3-4-8-7(10)5-6;6-4-1-2-5(7)8-3-4;7-4-1-2-6-5(8)3-4;1-3-2;1-2;;;/h3-4,8-9H,5-7H2,1-2H3,(H2,13,14);6H,3-5H2,1-2H3,(H,8,10);5H,3-4H2,1-2H3,(H,8,10);1-3H,(H2,7,8);1-3H2,(H,6,8);3H2,1-2H3;2H,1H3;;;/q;;;;;;;;+1;-1. The van der Waals surface area contributed by atoms with Crippen molar-refractivity contribution in [2.75, 3.05) is 91.9 Å². The topological polar surface area (TPSA) is 232 Å². The van der Waals surface area contributed by atoms with Gasteiger partial charge in [-0.25, -0.2) is 9.97 Å². The monoisotopic (exact) mass is 960 g/mol. The molecule has 8 N–H and O–H groups in total. The number of hydrogen-bond acceptors (Lipinski definition) is 13. The fourth-order valence-corrected chi connectivity index (χ4v) is 5.61. The first-order valence-electron chi connectivity index (χ1n) is 19.3. The summed E-state index contributed by atoms with van der Waals surface area (Å²) < 4.78 is 1.11. The van der Waals surface area contributed by atoms with Crippen molar-refractivity contribution in [1.82, 2.24) is 40.6 Å². The van der Waals surface area contributed by atoms with Crippen molar-refractivity contribution in [2.45, 2.75) is 77.3 Å². The Bertz CT molecular complexity index is 1530. The number of halogens is 1. The number of ketones is 1. The van der Waals surface area contributed by atoms with Gasteiger partial charge in [0.2, 0.25) is 23.6 Å². The summed E-state index contributed by atoms with van der Waals surface area (Å²) in [4.78, 5) is 70.2. The van der Waals surface area contributed by atoms with Crippen LogP contribution in [-0.4, -0.2) is 155 Å². The minimum atomic E-state index is -0.138. The third-order valence-corrected chi connectivity index (χ3v) is 9.19. The quantitative estimate of drug-likeness (QED) is 0.123. The van der Waals surface area contributed by atoms with E-state index in [9.17, 15) is 24.0 Å². The molecule has 4 aliphatic rings. The van der Waals surface area contributed by atoms with Crippen LogP contribution in [0, 0.1) is 3.57 Å². The number of hydrogen-bond donors (Lipinski definition) is 6. The number of anilines is 3. The molecular formula is C40H69BIN11NaO6. The molecule has 331 valence electrons. The Hall–Kier alpha value is -3.34. The second-order valence-corrected chi connectivity index (χ2v) is 15.3. The SMILES string of the molecule is CCC.CN(C)C1=CC(=O)NCC1.CN(C)C1CCN(c2ccc(N)nc2)C(=O)C1.CN(C)C1CCNC(=O)C1.CO.Nc1ccc(I)cn1.O=C1CCNC(=O)C1.[B].[H-].[Na+]. The van der Waals surface area contributed by atoms with Gasteiger partial charge in [0.05, 0.1) is 18.3 Å². The molecule has 17 nitrogen and oxygen atoms in total. The first kappa shape index (κ1) is 61.0. The Balaban J connectivity index is -0.000000329. The molecule has 3 radical (unpaired) electrons. The molecule has 0 saturated carbocycles. The molecule has 4 amide bonds. The van der Waals surface area contributed by atoms with E-state index in [1.165, 1.54) is 6.42 Å². The molecule has 0 spiro atoms. The van der Waals surface area contributed by atoms with Crippen molar-refractivity contribution in [3.05, 3.63) is 52.0 Å². The van der Waals surface area contributed by atoms with Gasteiger partial charge in [-0.15, -0.1) is 0 Å². The Morgan fingerprint density at radius 1 is 0.783 bits per heavy atom. The number of carbonyl (C=O) groups is 5. The largest absolute Gasteiger partial charge is 1.00 e. The predicted molar refractivity (Wildman–Crippen MR) is 246 cm³/mol. The number of nitrogens with one attached hydrogen (secondary N) is 3. The first-order chi connectivity index (χ1) is 27.5. The van der Waals surface area contributed by atoms with Gasteiger partial charge in [0.25, 0.3) is 0 Å². The third-order valence-electron chi connectivity index (χ3n) is 8.55. The van der Waals surface area contributed by atoms with Gasteiger partial charge in [0, 0.05) is 115 Å². The first-order valence-corrected chi connectivity index (χ1v) is 20.4. The molecule has 0 aliphatic carbocycles. The fraction of sp³-hybridized carbons (Fsp3) is 0.575. The van der Waals surface area contributed by atoms with Crippen LogP contribution in [0.4, 0.5) is 17.3 Å². The molecule has 2 aromatic heterocycles. The number of aliphatic hydroxyl groups excluding tert-OH is 1. The van der Waals surface area contributed by atoms with E-state index < -0.39 is 0 Å². The van der Waals surface area contributed by atoms with E-state index in [-0.39, 0.29) is 75.2 Å². The number of nitrogen functional groups attached to an aromatic ring is 2. The maximum absolute atomic E-state index is 12.0. The van der Waals surface area contributed by atoms with Gasteiger partial charge in [-0.05, 0) is 87.9 Å². The molecule has 20 heteroatoms. The molecule has 0 aromatic carbocycles. The number of aromatic nitrogens is 2. The summed E-state index contributed by atoms with van der Waals surface area (Å²) in [7, 11) is 13.0. The number of carbonyl (C=O) groups excluding carboxylic acids is 5. The number of rotatable bonds is 4. The van der Waals surface area contributed by atoms with Gasteiger partial charge >= 0.3 is 29.6 Å². The molecule has 4 aliphatic heterocycles. The smallest absolute Gasteiger partial charge is 1.00 e. The maximum Gasteiger partial charge on any atom is 1.00 e. The summed E-state index contributed by atoms with van der Waals surface area (Å²) in [6.07, 6.45) is 11.1. The minimum Gasteiger partial charge on any atom is -1.00 e. The van der Waals surface area contributed by atoms with Crippen LogP contribution in [0.3, 0.4) is 0 Å². The third kappa shape index (κ3) is 27.5. The van der Waals surface area contributed by atoms with Crippen molar-refractivity contribution in [3.63, 3.8) is 0 Å². The van der Waals surface area contributed by atoms with Gasteiger partial charge in [-0.1, -0.05) is 20.3 Å². The van der Waals surface area contributed by atoms with Gasteiger partial charge < -0.3 is 53.6 Å². The summed E-state index contributed by atoms with van der Waals surface area (Å²) in [6, 6.07) is 8.07. The Labute approximate surface area is 397 Å². The van der Waals surface area contributed by atoms with Crippen LogP contribution >= 0.6 is 22.6 Å². The molecule has 6 rings (SSSR count). The number of nitrogens with two attached hydrogens (primary N) is 2. The van der Waals surface area contributed by atoms with Crippen LogP contribution in [0.25, 0.3) is 0 Å². The maximum atomic E-state index is 12.0. The van der Waals surface area contributed by atoms with E-state index in [1.807, 2.05) is 59.3 Å². The van der Waals surface area contributed by atoms with Gasteiger partial charge in [-0.3, -0.25) is 24.0 Å². The van der Waals surface area contributed by atoms with Gasteiger partial charge in [-0.2, -0.15) is 0 Å². The summed E-state index contributed by atoms with van der Waals surface area (Å²) >= 11 is 2.18. The molecule has 2 unspecified atom stereocenters. The van der Waals surface area contributed by atoms with E-state index in [0.717, 1.165) is 61.0 Å². The van der Waals surface area contributed by atoms with Gasteiger partial charge in [0.1, 0.15) is 17.4 Å². The van der Waals surface area contributed by atoms with Crippen LogP contribution < -0.4 is 61.9 Å². The Kier molecular flexibility index (Phi) is 35.8. The molecule has 60 heavy (non-hydrogen) atoms. The fourth-order valence-electron chi connectivity index (χ4n) is 5.29.